The van der Waals surface area contributed by atoms with Crippen molar-refractivity contribution in [2.75, 3.05) is 4.90 Å². The number of carbonyl (C=O) groups excluding carboxylic acids is 2. The van der Waals surface area contributed by atoms with Gasteiger partial charge >= 0.3 is 0 Å². The van der Waals surface area contributed by atoms with Gasteiger partial charge in [-0.1, -0.05) is 67.1 Å². The highest BCUT2D eigenvalue weighted by molar-refractivity contribution is 8.19. The summed E-state index contributed by atoms with van der Waals surface area (Å²) in [6.45, 7) is 2.37. The second kappa shape index (κ2) is 9.41. The standard InChI is InChI=1S/C25H20ClNO3S/c1-2-18-7-4-6-10-22(18)27-24(28)23(31-25(27)29)15-17-11-13-20(14-12-17)30-16-19-8-3-5-9-21(19)26/h3-15H,2,16H2,1H3/b23-15-. The monoisotopic (exact) mass is 449 g/mol. The van der Waals surface area contributed by atoms with E-state index in [4.69, 9.17) is 16.3 Å². The van der Waals surface area contributed by atoms with Crippen LogP contribution in [0.5, 0.6) is 5.75 Å². The molecule has 2 amide bonds. The topological polar surface area (TPSA) is 46.6 Å². The fraction of sp³-hybridized carbons (Fsp3) is 0.120. The van der Waals surface area contributed by atoms with Gasteiger partial charge in [-0.2, -0.15) is 0 Å². The smallest absolute Gasteiger partial charge is 0.298 e. The van der Waals surface area contributed by atoms with Crippen LogP contribution in [0.1, 0.15) is 23.6 Å². The molecule has 0 saturated carbocycles. The van der Waals surface area contributed by atoms with Crippen molar-refractivity contribution in [1.29, 1.82) is 0 Å². The summed E-state index contributed by atoms with van der Waals surface area (Å²) in [5, 5.41) is 0.385. The Kier molecular flexibility index (Phi) is 6.44. The summed E-state index contributed by atoms with van der Waals surface area (Å²) in [7, 11) is 0. The lowest BCUT2D eigenvalue weighted by Crippen LogP contribution is -2.28. The Morgan fingerprint density at radius 3 is 2.32 bits per heavy atom. The van der Waals surface area contributed by atoms with E-state index >= 15 is 0 Å². The second-order valence-corrected chi connectivity index (χ2v) is 8.35. The molecule has 156 valence electrons. The molecule has 1 aliphatic heterocycles. The molecule has 1 saturated heterocycles. The van der Waals surface area contributed by atoms with E-state index in [1.807, 2.05) is 79.7 Å². The Hall–Kier alpha value is -3.02. The summed E-state index contributed by atoms with van der Waals surface area (Å²) in [4.78, 5) is 27.1. The minimum Gasteiger partial charge on any atom is -0.489 e. The third kappa shape index (κ3) is 4.68. The number of para-hydroxylation sites is 1. The van der Waals surface area contributed by atoms with Crippen molar-refractivity contribution in [1.82, 2.24) is 0 Å². The van der Waals surface area contributed by atoms with Crippen LogP contribution in [0.2, 0.25) is 5.02 Å². The molecule has 0 aromatic heterocycles. The molecule has 1 fully saturated rings. The van der Waals surface area contributed by atoms with Gasteiger partial charge in [0.05, 0.1) is 10.6 Å². The summed E-state index contributed by atoms with van der Waals surface area (Å²) < 4.78 is 5.80. The summed E-state index contributed by atoms with van der Waals surface area (Å²) in [6.07, 6.45) is 2.48. The molecule has 1 heterocycles. The molecule has 0 radical (unpaired) electrons. The lowest BCUT2D eigenvalue weighted by Gasteiger charge is -2.16. The van der Waals surface area contributed by atoms with Gasteiger partial charge in [-0.15, -0.1) is 0 Å². The summed E-state index contributed by atoms with van der Waals surface area (Å²) in [6, 6.07) is 22.4. The maximum atomic E-state index is 12.9. The van der Waals surface area contributed by atoms with Crippen molar-refractivity contribution < 1.29 is 14.3 Å². The lowest BCUT2D eigenvalue weighted by molar-refractivity contribution is -0.113. The third-order valence-corrected chi connectivity index (χ3v) is 6.18. The van der Waals surface area contributed by atoms with Gasteiger partial charge in [0.25, 0.3) is 11.1 Å². The minimum atomic E-state index is -0.296. The number of amides is 2. The van der Waals surface area contributed by atoms with Crippen LogP contribution in [-0.2, 0) is 17.8 Å². The predicted molar refractivity (Wildman–Crippen MR) is 126 cm³/mol. The van der Waals surface area contributed by atoms with Crippen LogP contribution in [0.15, 0.2) is 77.7 Å². The lowest BCUT2D eigenvalue weighted by atomic mass is 10.1. The van der Waals surface area contributed by atoms with Crippen LogP contribution in [0, 0.1) is 0 Å². The van der Waals surface area contributed by atoms with Gasteiger partial charge in [-0.05, 0) is 59.7 Å². The first-order valence-corrected chi connectivity index (χ1v) is 11.1. The molecule has 3 aromatic carbocycles. The Balaban J connectivity index is 1.48. The van der Waals surface area contributed by atoms with E-state index in [1.165, 1.54) is 4.90 Å². The first-order chi connectivity index (χ1) is 15.1. The van der Waals surface area contributed by atoms with Crippen LogP contribution < -0.4 is 9.64 Å². The van der Waals surface area contributed by atoms with E-state index < -0.39 is 0 Å². The van der Waals surface area contributed by atoms with Gasteiger partial charge in [0, 0.05) is 10.6 Å². The van der Waals surface area contributed by atoms with E-state index in [0.717, 1.165) is 34.9 Å². The number of rotatable bonds is 6. The van der Waals surface area contributed by atoms with Crippen LogP contribution in [-0.4, -0.2) is 11.1 Å². The molecule has 0 aliphatic carbocycles. The van der Waals surface area contributed by atoms with Crippen LogP contribution in [0.4, 0.5) is 10.5 Å². The molecule has 0 N–H and O–H groups in total. The number of imide groups is 1. The number of benzene rings is 3. The van der Waals surface area contributed by atoms with Gasteiger partial charge in [-0.3, -0.25) is 9.59 Å². The average molecular weight is 450 g/mol. The number of anilines is 1. The number of hydrogen-bond donors (Lipinski definition) is 0. The second-order valence-electron chi connectivity index (χ2n) is 6.95. The number of aryl methyl sites for hydroxylation is 1. The van der Waals surface area contributed by atoms with Gasteiger partial charge in [-0.25, -0.2) is 4.90 Å². The Labute approximate surface area is 190 Å². The fourth-order valence-corrected chi connectivity index (χ4v) is 4.32. The van der Waals surface area contributed by atoms with Crippen LogP contribution in [0.3, 0.4) is 0 Å². The van der Waals surface area contributed by atoms with E-state index in [1.54, 1.807) is 6.08 Å². The summed E-state index contributed by atoms with van der Waals surface area (Å²) in [5.41, 5.74) is 3.35. The number of thioether (sulfide) groups is 1. The first-order valence-electron chi connectivity index (χ1n) is 9.89. The number of nitrogens with zero attached hydrogens (tertiary/aromatic N) is 1. The van der Waals surface area contributed by atoms with Crippen LogP contribution >= 0.6 is 23.4 Å². The molecular formula is C25H20ClNO3S. The third-order valence-electron chi connectivity index (χ3n) is 4.94. The van der Waals surface area contributed by atoms with Gasteiger partial charge in [0.15, 0.2) is 0 Å². The highest BCUT2D eigenvalue weighted by Crippen LogP contribution is 2.37. The van der Waals surface area contributed by atoms with Crippen molar-refractivity contribution in [2.45, 2.75) is 20.0 Å². The minimum absolute atomic E-state index is 0.281. The average Bonchev–Trinajstić information content (AvgIpc) is 3.06. The number of carbonyl (C=O) groups is 2. The van der Waals surface area contributed by atoms with Gasteiger partial charge < -0.3 is 4.74 Å². The quantitative estimate of drug-likeness (QED) is 0.392. The zero-order chi connectivity index (χ0) is 21.8. The molecule has 0 spiro atoms. The molecule has 0 unspecified atom stereocenters. The van der Waals surface area contributed by atoms with E-state index in [0.29, 0.717) is 28.0 Å². The molecule has 4 rings (SSSR count). The van der Waals surface area contributed by atoms with Crippen molar-refractivity contribution in [3.8, 4) is 5.75 Å². The van der Waals surface area contributed by atoms with Crippen molar-refractivity contribution in [3.05, 3.63) is 99.4 Å². The molecule has 0 bridgehead atoms. The molecule has 31 heavy (non-hydrogen) atoms. The normalized spacial score (nSPS) is 15.0. The van der Waals surface area contributed by atoms with Crippen LogP contribution in [0.25, 0.3) is 6.08 Å². The van der Waals surface area contributed by atoms with Gasteiger partial charge in [0.1, 0.15) is 12.4 Å². The number of halogens is 1. The molecule has 6 heteroatoms. The van der Waals surface area contributed by atoms with Crippen molar-refractivity contribution >= 4 is 46.3 Å². The zero-order valence-corrected chi connectivity index (χ0v) is 18.5. The fourth-order valence-electron chi connectivity index (χ4n) is 3.29. The molecule has 4 nitrogen and oxygen atoms in total. The molecule has 3 aromatic rings. The van der Waals surface area contributed by atoms with Gasteiger partial charge in [0.2, 0.25) is 0 Å². The van der Waals surface area contributed by atoms with E-state index in [2.05, 4.69) is 0 Å². The predicted octanol–water partition coefficient (Wildman–Crippen LogP) is 6.72. The molecule has 1 aliphatic rings. The Morgan fingerprint density at radius 1 is 0.935 bits per heavy atom. The first kappa shape index (κ1) is 21.2. The zero-order valence-electron chi connectivity index (χ0n) is 16.9. The summed E-state index contributed by atoms with van der Waals surface area (Å²) >= 11 is 7.11. The van der Waals surface area contributed by atoms with Crippen molar-refractivity contribution in [3.63, 3.8) is 0 Å². The number of hydrogen-bond acceptors (Lipinski definition) is 4. The maximum absolute atomic E-state index is 12.9. The maximum Gasteiger partial charge on any atom is 0.298 e. The largest absolute Gasteiger partial charge is 0.489 e. The van der Waals surface area contributed by atoms with E-state index in [9.17, 15) is 9.59 Å². The SMILES string of the molecule is CCc1ccccc1N1C(=O)S/C(=C\c2ccc(OCc3ccccc3Cl)cc2)C1=O. The Bertz CT molecular complexity index is 1160. The Morgan fingerprint density at radius 2 is 1.61 bits per heavy atom. The highest BCUT2D eigenvalue weighted by atomic mass is 35.5. The summed E-state index contributed by atoms with van der Waals surface area (Å²) in [5.74, 6) is 0.400. The molecule has 0 atom stereocenters. The van der Waals surface area contributed by atoms with Crippen molar-refractivity contribution in [2.24, 2.45) is 0 Å². The number of ether oxygens (including phenoxy) is 1. The van der Waals surface area contributed by atoms with E-state index in [-0.39, 0.29) is 11.1 Å². The highest BCUT2D eigenvalue weighted by Gasteiger charge is 2.37. The molecular weight excluding hydrogens is 430 g/mol.